The van der Waals surface area contributed by atoms with Crippen LogP contribution in [0.4, 0.5) is 4.39 Å². The molecule has 9 heteroatoms. The lowest BCUT2D eigenvalue weighted by Crippen LogP contribution is -2.21. The molecule has 0 saturated carbocycles. The van der Waals surface area contributed by atoms with Crippen LogP contribution in [0.5, 0.6) is 11.5 Å². The van der Waals surface area contributed by atoms with Gasteiger partial charge in [-0.25, -0.2) is 4.39 Å². The van der Waals surface area contributed by atoms with Crippen molar-refractivity contribution >= 4 is 0 Å². The number of ether oxygens (including phenoxy) is 3. The number of aromatic nitrogens is 4. The van der Waals surface area contributed by atoms with Crippen LogP contribution in [0, 0.1) is 5.82 Å². The van der Waals surface area contributed by atoms with Crippen molar-refractivity contribution in [3.05, 3.63) is 65.6 Å². The minimum Gasteiger partial charge on any atom is -0.494 e. The van der Waals surface area contributed by atoms with E-state index in [4.69, 9.17) is 18.7 Å². The van der Waals surface area contributed by atoms with E-state index in [1.807, 2.05) is 41.9 Å². The van der Waals surface area contributed by atoms with Gasteiger partial charge in [0.25, 0.3) is 5.89 Å². The fourth-order valence-electron chi connectivity index (χ4n) is 3.63. The summed E-state index contributed by atoms with van der Waals surface area (Å²) in [6, 6.07) is 14.2. The smallest absolute Gasteiger partial charge is 0.278 e. The summed E-state index contributed by atoms with van der Waals surface area (Å²) in [5, 5.41) is 8.58. The molecule has 4 aromatic rings. The summed E-state index contributed by atoms with van der Waals surface area (Å²) in [5.74, 6) is 1.03. The highest BCUT2D eigenvalue weighted by atomic mass is 19.1. The Balaban J connectivity index is 1.34. The van der Waals surface area contributed by atoms with Gasteiger partial charge in [-0.15, -0.1) is 0 Å². The zero-order chi connectivity index (χ0) is 22.1. The van der Waals surface area contributed by atoms with Crippen molar-refractivity contribution in [3.63, 3.8) is 0 Å². The summed E-state index contributed by atoms with van der Waals surface area (Å²) in [6.07, 6.45) is -0.119. The second-order valence-corrected chi connectivity index (χ2v) is 7.28. The van der Waals surface area contributed by atoms with Crippen molar-refractivity contribution in [2.45, 2.75) is 26.2 Å². The molecule has 3 heterocycles. The van der Waals surface area contributed by atoms with Gasteiger partial charge in [0.15, 0.2) is 17.3 Å². The summed E-state index contributed by atoms with van der Waals surface area (Å²) in [5.41, 5.74) is 3.00. The summed E-state index contributed by atoms with van der Waals surface area (Å²) < 4.78 is 37.7. The third-order valence-corrected chi connectivity index (χ3v) is 5.25. The first kappa shape index (κ1) is 20.2. The number of hydrogen-bond acceptors (Lipinski definition) is 7. The van der Waals surface area contributed by atoms with Crippen molar-refractivity contribution in [1.82, 2.24) is 19.9 Å². The molecular weight excluding hydrogens is 415 g/mol. The van der Waals surface area contributed by atoms with E-state index in [-0.39, 0.29) is 23.6 Å². The summed E-state index contributed by atoms with van der Waals surface area (Å²) in [7, 11) is 1.41. The van der Waals surface area contributed by atoms with Gasteiger partial charge in [-0.05, 0) is 48.9 Å². The van der Waals surface area contributed by atoms with Crippen LogP contribution in [0.1, 0.15) is 24.3 Å². The number of hydrogen-bond donors (Lipinski definition) is 0. The molecule has 1 atom stereocenters. The average molecular weight is 436 g/mol. The Morgan fingerprint density at radius 1 is 1.16 bits per heavy atom. The zero-order valence-electron chi connectivity index (χ0n) is 17.6. The molecule has 32 heavy (non-hydrogen) atoms. The highest BCUT2D eigenvalue weighted by Gasteiger charge is 2.24. The number of methoxy groups -OCH3 is 1. The molecule has 0 saturated heterocycles. The molecule has 1 aliphatic rings. The molecule has 0 amide bonds. The molecule has 0 radical (unpaired) electrons. The van der Waals surface area contributed by atoms with Gasteiger partial charge < -0.3 is 18.7 Å². The highest BCUT2D eigenvalue weighted by molar-refractivity contribution is 5.59. The lowest BCUT2D eigenvalue weighted by molar-refractivity contribution is -0.00115. The molecule has 2 aromatic carbocycles. The maximum atomic E-state index is 14.0. The number of benzene rings is 2. The van der Waals surface area contributed by atoms with Crippen LogP contribution >= 0.6 is 0 Å². The zero-order valence-corrected chi connectivity index (χ0v) is 17.6. The van der Waals surface area contributed by atoms with Crippen LogP contribution in [0.25, 0.3) is 23.0 Å². The number of nitrogens with zero attached hydrogens (tertiary/aromatic N) is 4. The van der Waals surface area contributed by atoms with Crippen molar-refractivity contribution in [3.8, 4) is 34.5 Å². The van der Waals surface area contributed by atoms with Gasteiger partial charge in [-0.1, -0.05) is 17.3 Å². The molecular formula is C23H21FN4O4. The quantitative estimate of drug-likeness (QED) is 0.442. The molecule has 0 N–H and O–H groups in total. The van der Waals surface area contributed by atoms with E-state index < -0.39 is 5.82 Å². The SMILES string of the molecule is CCOc1ccc([C@@H]2Cn3nc(-c4nc(-c5ccc(OC)c(F)c5)no4)cc3CO2)cc1. The normalized spacial score (nSPS) is 15.4. The topological polar surface area (TPSA) is 84.4 Å². The molecule has 0 aliphatic carbocycles. The molecule has 5 rings (SSSR count). The van der Waals surface area contributed by atoms with Gasteiger partial charge in [-0.2, -0.15) is 10.1 Å². The van der Waals surface area contributed by atoms with Crippen molar-refractivity contribution in [2.24, 2.45) is 0 Å². The Morgan fingerprint density at radius 3 is 2.75 bits per heavy atom. The third-order valence-electron chi connectivity index (χ3n) is 5.25. The van der Waals surface area contributed by atoms with E-state index >= 15 is 0 Å². The molecule has 2 aromatic heterocycles. The predicted octanol–water partition coefficient (Wildman–Crippen LogP) is 4.42. The van der Waals surface area contributed by atoms with Crippen molar-refractivity contribution < 1.29 is 23.1 Å². The summed E-state index contributed by atoms with van der Waals surface area (Å²) >= 11 is 0. The van der Waals surface area contributed by atoms with Gasteiger partial charge in [0.1, 0.15) is 11.9 Å². The molecule has 0 fully saturated rings. The van der Waals surface area contributed by atoms with Crippen molar-refractivity contribution in [1.29, 1.82) is 0 Å². The second kappa shape index (κ2) is 8.43. The van der Waals surface area contributed by atoms with Crippen LogP contribution in [0.3, 0.4) is 0 Å². The fourth-order valence-corrected chi connectivity index (χ4v) is 3.63. The van der Waals surface area contributed by atoms with Crippen molar-refractivity contribution in [2.75, 3.05) is 13.7 Å². The van der Waals surface area contributed by atoms with Gasteiger partial charge in [0.05, 0.1) is 32.6 Å². The number of rotatable bonds is 6. The van der Waals surface area contributed by atoms with E-state index in [0.29, 0.717) is 31.0 Å². The van der Waals surface area contributed by atoms with Crippen LogP contribution < -0.4 is 9.47 Å². The first-order valence-corrected chi connectivity index (χ1v) is 10.2. The van der Waals surface area contributed by atoms with Gasteiger partial charge in [0.2, 0.25) is 5.82 Å². The minimum absolute atomic E-state index is 0.119. The van der Waals surface area contributed by atoms with Crippen LogP contribution in [0.15, 0.2) is 53.1 Å². The first-order chi connectivity index (χ1) is 15.6. The molecule has 164 valence electrons. The molecule has 8 nitrogen and oxygen atoms in total. The molecule has 0 unspecified atom stereocenters. The molecule has 0 bridgehead atoms. The Labute approximate surface area is 183 Å². The molecule has 1 aliphatic heterocycles. The van der Waals surface area contributed by atoms with E-state index in [0.717, 1.165) is 17.0 Å². The Morgan fingerprint density at radius 2 is 2.00 bits per heavy atom. The number of halogens is 1. The second-order valence-electron chi connectivity index (χ2n) is 7.28. The Hall–Kier alpha value is -3.72. The Kier molecular flexibility index (Phi) is 5.32. The monoisotopic (exact) mass is 436 g/mol. The van der Waals surface area contributed by atoms with E-state index in [1.54, 1.807) is 6.07 Å². The van der Waals surface area contributed by atoms with E-state index in [2.05, 4.69) is 15.2 Å². The maximum absolute atomic E-state index is 14.0. The van der Waals surface area contributed by atoms with Gasteiger partial charge >= 0.3 is 0 Å². The summed E-state index contributed by atoms with van der Waals surface area (Å²) in [4.78, 5) is 4.38. The van der Waals surface area contributed by atoms with Crippen LogP contribution in [0.2, 0.25) is 0 Å². The lowest BCUT2D eigenvalue weighted by Gasteiger charge is -2.24. The first-order valence-electron chi connectivity index (χ1n) is 10.2. The summed E-state index contributed by atoms with van der Waals surface area (Å²) in [6.45, 7) is 3.56. The maximum Gasteiger partial charge on any atom is 0.278 e. The predicted molar refractivity (Wildman–Crippen MR) is 113 cm³/mol. The fraction of sp³-hybridized carbons (Fsp3) is 0.261. The number of fused-ring (bicyclic) bond motifs is 1. The minimum atomic E-state index is -0.494. The molecule has 0 spiro atoms. The van der Waals surface area contributed by atoms with E-state index in [1.165, 1.54) is 19.2 Å². The Bertz CT molecular complexity index is 1240. The van der Waals surface area contributed by atoms with E-state index in [9.17, 15) is 4.39 Å². The highest BCUT2D eigenvalue weighted by Crippen LogP contribution is 2.30. The lowest BCUT2D eigenvalue weighted by atomic mass is 10.1. The third kappa shape index (κ3) is 3.82. The average Bonchev–Trinajstić information content (AvgIpc) is 3.46. The standard InChI is InChI=1S/C23H21FN4O4/c1-3-30-17-7-4-14(5-8-17)21-12-28-16(13-31-21)11-19(26-28)23-25-22(27-32-23)15-6-9-20(29-2)18(24)10-15/h4-11,21H,3,12-13H2,1-2H3/t21-/m0/s1. The van der Waals surface area contributed by atoms with Crippen LogP contribution in [-0.4, -0.2) is 33.6 Å². The largest absolute Gasteiger partial charge is 0.494 e. The van der Waals surface area contributed by atoms with Crippen LogP contribution in [-0.2, 0) is 17.9 Å². The van der Waals surface area contributed by atoms with Gasteiger partial charge in [0, 0.05) is 5.56 Å². The van der Waals surface area contributed by atoms with Gasteiger partial charge in [-0.3, -0.25) is 4.68 Å².